The van der Waals surface area contributed by atoms with Crippen LogP contribution in [0.3, 0.4) is 0 Å². The fourth-order valence-corrected chi connectivity index (χ4v) is 5.06. The lowest BCUT2D eigenvalue weighted by Gasteiger charge is -2.14. The Balaban J connectivity index is 1.48. The van der Waals surface area contributed by atoms with E-state index in [0.29, 0.717) is 19.0 Å². The van der Waals surface area contributed by atoms with Gasteiger partial charge in [-0.2, -0.15) is 0 Å². The highest BCUT2D eigenvalue weighted by molar-refractivity contribution is 5.99. The zero-order valence-corrected chi connectivity index (χ0v) is 21.0. The third-order valence-corrected chi connectivity index (χ3v) is 6.85. The number of hydrogen-bond acceptors (Lipinski definition) is 6. The molecule has 8 heteroatoms. The molecular formula is C29H27N5O3. The number of hydrogen-bond donors (Lipinski definition) is 1. The average Bonchev–Trinajstić information content (AvgIpc) is 3.44. The van der Waals surface area contributed by atoms with Gasteiger partial charge in [0.2, 0.25) is 0 Å². The van der Waals surface area contributed by atoms with Crippen LogP contribution in [0.2, 0.25) is 0 Å². The minimum Gasteiger partial charge on any atom is -0.487 e. The van der Waals surface area contributed by atoms with E-state index in [-0.39, 0.29) is 0 Å². The van der Waals surface area contributed by atoms with Crippen molar-refractivity contribution >= 4 is 22.2 Å². The van der Waals surface area contributed by atoms with E-state index in [2.05, 4.69) is 58.9 Å². The second-order valence-corrected chi connectivity index (χ2v) is 9.33. The van der Waals surface area contributed by atoms with Crippen molar-refractivity contribution < 1.29 is 9.26 Å². The molecule has 0 aliphatic carbocycles. The molecule has 37 heavy (non-hydrogen) atoms. The molecule has 8 nitrogen and oxygen atoms in total. The molecule has 0 unspecified atom stereocenters. The summed E-state index contributed by atoms with van der Waals surface area (Å²) in [6, 6.07) is 18.3. The summed E-state index contributed by atoms with van der Waals surface area (Å²) < 4.78 is 13.3. The fraction of sp³-hybridized carbons (Fsp3) is 0.241. The van der Waals surface area contributed by atoms with Gasteiger partial charge in [0.15, 0.2) is 5.82 Å². The predicted molar refractivity (Wildman–Crippen MR) is 141 cm³/mol. The summed E-state index contributed by atoms with van der Waals surface area (Å²) in [7, 11) is 0. The lowest BCUT2D eigenvalue weighted by molar-refractivity contribution is 0.302. The number of para-hydroxylation sites is 2. The van der Waals surface area contributed by atoms with Crippen molar-refractivity contribution in [3.63, 3.8) is 0 Å². The molecule has 1 aliphatic rings. The van der Waals surface area contributed by atoms with Gasteiger partial charge in [-0.15, -0.1) is 0 Å². The summed E-state index contributed by atoms with van der Waals surface area (Å²) in [5, 5.41) is 3.93. The summed E-state index contributed by atoms with van der Waals surface area (Å²) in [6.45, 7) is 7.13. The average molecular weight is 494 g/mol. The number of pyridine rings is 1. The summed E-state index contributed by atoms with van der Waals surface area (Å²) >= 11 is 0. The van der Waals surface area contributed by atoms with E-state index in [4.69, 9.17) is 19.2 Å². The number of aromatic amines is 1. The molecule has 2 aromatic carbocycles. The lowest BCUT2D eigenvalue weighted by Crippen LogP contribution is -2.09. The highest BCUT2D eigenvalue weighted by atomic mass is 16.5. The fourth-order valence-electron chi connectivity index (χ4n) is 5.06. The number of imidazole rings is 1. The van der Waals surface area contributed by atoms with Crippen molar-refractivity contribution in [2.45, 2.75) is 46.8 Å². The van der Waals surface area contributed by atoms with Gasteiger partial charge in [0, 0.05) is 28.7 Å². The Hall–Kier alpha value is -4.46. The van der Waals surface area contributed by atoms with Crippen LogP contribution < -0.4 is 10.5 Å². The molecule has 0 spiro atoms. The highest BCUT2D eigenvalue weighted by Crippen LogP contribution is 2.40. The maximum absolute atomic E-state index is 11.7. The van der Waals surface area contributed by atoms with Gasteiger partial charge in [0.25, 0.3) is 0 Å². The summed E-state index contributed by atoms with van der Waals surface area (Å²) in [5.41, 5.74) is 8.63. The number of H-pyrrole nitrogens is 1. The summed E-state index contributed by atoms with van der Waals surface area (Å²) in [5.74, 6) is 1.62. The van der Waals surface area contributed by atoms with Gasteiger partial charge in [0.05, 0.1) is 29.0 Å². The van der Waals surface area contributed by atoms with Crippen LogP contribution in [0.4, 0.5) is 0 Å². The van der Waals surface area contributed by atoms with E-state index in [0.717, 1.165) is 69.1 Å². The van der Waals surface area contributed by atoms with Gasteiger partial charge >= 0.3 is 5.76 Å². The van der Waals surface area contributed by atoms with E-state index in [1.165, 1.54) is 5.56 Å². The van der Waals surface area contributed by atoms with E-state index in [9.17, 15) is 4.79 Å². The molecule has 6 rings (SSSR count). The van der Waals surface area contributed by atoms with Gasteiger partial charge in [-0.1, -0.05) is 48.5 Å². The number of aromatic nitrogens is 5. The number of nitrogens with zero attached hydrogens (tertiary/aromatic N) is 4. The first-order valence-electron chi connectivity index (χ1n) is 12.5. The van der Waals surface area contributed by atoms with Crippen molar-refractivity contribution in [3.05, 3.63) is 105 Å². The molecule has 0 atom stereocenters. The first-order chi connectivity index (χ1) is 18.0. The highest BCUT2D eigenvalue weighted by Gasteiger charge is 2.24. The molecule has 1 N–H and O–H groups in total. The van der Waals surface area contributed by atoms with Crippen molar-refractivity contribution in [3.8, 4) is 5.75 Å². The third-order valence-electron chi connectivity index (χ3n) is 6.85. The number of fused-ring (bicyclic) bond motifs is 3. The van der Waals surface area contributed by atoms with E-state index in [1.807, 2.05) is 31.2 Å². The molecule has 0 radical (unpaired) electrons. The normalized spacial score (nSPS) is 14.1. The first kappa shape index (κ1) is 23.0. The summed E-state index contributed by atoms with van der Waals surface area (Å²) in [6.07, 6.45) is 1.92. The number of ether oxygens (including phenoxy) is 1. The van der Waals surface area contributed by atoms with Crippen molar-refractivity contribution in [2.24, 2.45) is 0 Å². The zero-order chi connectivity index (χ0) is 25.5. The minimum atomic E-state index is -0.590. The lowest BCUT2D eigenvalue weighted by atomic mass is 9.92. The van der Waals surface area contributed by atoms with Crippen LogP contribution in [0, 0.1) is 6.92 Å². The monoisotopic (exact) mass is 493 g/mol. The largest absolute Gasteiger partial charge is 0.487 e. The van der Waals surface area contributed by atoms with Crippen LogP contribution in [0.15, 0.2) is 63.9 Å². The van der Waals surface area contributed by atoms with Gasteiger partial charge in [-0.3, -0.25) is 14.5 Å². The topological polar surface area (TPSA) is 98.8 Å². The number of benzene rings is 2. The maximum Gasteiger partial charge on any atom is 0.439 e. The van der Waals surface area contributed by atoms with Crippen molar-refractivity contribution in [1.29, 1.82) is 0 Å². The van der Waals surface area contributed by atoms with Crippen LogP contribution in [-0.2, 0) is 19.6 Å². The van der Waals surface area contributed by atoms with E-state index < -0.39 is 5.76 Å². The molecule has 0 bridgehead atoms. The number of nitrogens with one attached hydrogen (secondary N) is 1. The molecular weight excluding hydrogens is 466 g/mol. The smallest absolute Gasteiger partial charge is 0.439 e. The minimum absolute atomic E-state index is 0.331. The molecule has 186 valence electrons. The number of rotatable bonds is 5. The molecule has 1 aliphatic heterocycles. The van der Waals surface area contributed by atoms with Crippen LogP contribution in [-0.4, -0.2) is 24.7 Å². The Morgan fingerprint density at radius 2 is 1.92 bits per heavy atom. The Kier molecular flexibility index (Phi) is 5.71. The molecule has 4 heterocycles. The van der Waals surface area contributed by atoms with E-state index in [1.54, 1.807) is 0 Å². The van der Waals surface area contributed by atoms with Crippen LogP contribution in [0.1, 0.15) is 60.0 Å². The third kappa shape index (κ3) is 4.04. The molecule has 0 amide bonds. The van der Waals surface area contributed by atoms with Gasteiger partial charge in [-0.25, -0.2) is 9.78 Å². The molecule has 3 aromatic heterocycles. The summed E-state index contributed by atoms with van der Waals surface area (Å²) in [4.78, 5) is 24.4. The molecule has 0 fully saturated rings. The number of aryl methyl sites for hydroxylation is 2. The zero-order valence-electron chi connectivity index (χ0n) is 21.0. The van der Waals surface area contributed by atoms with Crippen molar-refractivity contribution in [2.75, 3.05) is 0 Å². The number of allylic oxidation sites excluding steroid dienone is 1. The maximum atomic E-state index is 11.7. The second-order valence-electron chi connectivity index (χ2n) is 9.33. The van der Waals surface area contributed by atoms with Gasteiger partial charge in [-0.05, 0) is 44.0 Å². The Morgan fingerprint density at radius 1 is 1.05 bits per heavy atom. The molecule has 5 aromatic rings. The van der Waals surface area contributed by atoms with Crippen LogP contribution in [0.5, 0.6) is 5.75 Å². The van der Waals surface area contributed by atoms with E-state index >= 15 is 0 Å². The SMILES string of the molecule is CCCc1nc2c(C)cccc2n1Cc1ccc2c(n1)COc1ccccc1/C2=C(\C)c1noc(=O)[nH]1. The molecule has 0 saturated heterocycles. The first-order valence-corrected chi connectivity index (χ1v) is 12.5. The van der Waals surface area contributed by atoms with Gasteiger partial charge < -0.3 is 9.30 Å². The van der Waals surface area contributed by atoms with Crippen LogP contribution in [0.25, 0.3) is 22.2 Å². The molecule has 0 saturated carbocycles. The van der Waals surface area contributed by atoms with Gasteiger partial charge in [0.1, 0.15) is 18.2 Å². The van der Waals surface area contributed by atoms with Crippen LogP contribution >= 0.6 is 0 Å². The Labute approximate surface area is 213 Å². The Morgan fingerprint density at radius 3 is 2.73 bits per heavy atom. The Bertz CT molecular complexity index is 1720. The predicted octanol–water partition coefficient (Wildman–Crippen LogP) is 5.29. The van der Waals surface area contributed by atoms with Crippen molar-refractivity contribution in [1.82, 2.24) is 24.7 Å². The quantitative estimate of drug-likeness (QED) is 0.357. The standard InChI is InChI=1S/C29H27N5O3/c1-4-8-25-31-27-17(2)9-7-11-23(27)34(25)15-19-13-14-20-22(30-19)16-36-24-12-6-5-10-21(24)26(20)18(3)28-32-29(35)37-33-28/h5-7,9-14H,4,8,15-16H2,1-3H3,(H,32,33,35)/b26-18+. The second kappa shape index (κ2) is 9.20.